The molecule has 0 bridgehead atoms. The Hall–Kier alpha value is -2.03. The van der Waals surface area contributed by atoms with Gasteiger partial charge in [0, 0.05) is 32.0 Å². The summed E-state index contributed by atoms with van der Waals surface area (Å²) in [4.78, 5) is 15.8. The molecular weight excluding hydrogens is 212 g/mol. The van der Waals surface area contributed by atoms with Crippen LogP contribution in [0.1, 0.15) is 5.56 Å². The fourth-order valence-electron chi connectivity index (χ4n) is 1.93. The van der Waals surface area contributed by atoms with Gasteiger partial charge in [-0.25, -0.2) is 0 Å². The fourth-order valence-corrected chi connectivity index (χ4v) is 1.93. The van der Waals surface area contributed by atoms with Crippen LogP contribution in [-0.2, 0) is 0 Å². The van der Waals surface area contributed by atoms with Crippen LogP contribution < -0.4 is 10.5 Å². The van der Waals surface area contributed by atoms with Crippen molar-refractivity contribution in [2.24, 2.45) is 0 Å². The molecule has 0 saturated heterocycles. The van der Waals surface area contributed by atoms with Crippen LogP contribution in [0.15, 0.2) is 41.3 Å². The van der Waals surface area contributed by atoms with Crippen LogP contribution >= 0.6 is 0 Å². The van der Waals surface area contributed by atoms with Crippen LogP contribution in [0.25, 0.3) is 11.1 Å². The van der Waals surface area contributed by atoms with Crippen LogP contribution in [0, 0.1) is 6.92 Å². The van der Waals surface area contributed by atoms with Crippen molar-refractivity contribution in [1.82, 2.24) is 4.98 Å². The Balaban J connectivity index is 2.44. The lowest BCUT2D eigenvalue weighted by Crippen LogP contribution is -2.10. The molecule has 0 radical (unpaired) electrons. The number of hydrogen-bond acceptors (Lipinski definition) is 2. The van der Waals surface area contributed by atoms with Crippen molar-refractivity contribution in [3.63, 3.8) is 0 Å². The number of anilines is 1. The molecule has 1 aromatic heterocycles. The molecule has 0 fully saturated rings. The number of hydrogen-bond donors (Lipinski definition) is 1. The number of aromatic nitrogens is 1. The summed E-state index contributed by atoms with van der Waals surface area (Å²) in [5.74, 6) is 0. The zero-order valence-electron chi connectivity index (χ0n) is 10.3. The lowest BCUT2D eigenvalue weighted by molar-refractivity contribution is 1.11. The van der Waals surface area contributed by atoms with Crippen LogP contribution in [-0.4, -0.2) is 19.1 Å². The van der Waals surface area contributed by atoms with Crippen molar-refractivity contribution in [2.75, 3.05) is 19.0 Å². The molecule has 0 atom stereocenters. The molecule has 0 unspecified atom stereocenters. The van der Waals surface area contributed by atoms with Gasteiger partial charge in [-0.05, 0) is 41.8 Å². The van der Waals surface area contributed by atoms with E-state index in [1.807, 2.05) is 20.2 Å². The zero-order chi connectivity index (χ0) is 12.4. The van der Waals surface area contributed by atoms with Crippen LogP contribution in [0.4, 0.5) is 5.69 Å². The molecule has 3 heteroatoms. The van der Waals surface area contributed by atoms with Gasteiger partial charge in [0.25, 0.3) is 0 Å². The van der Waals surface area contributed by atoms with Crippen molar-refractivity contribution in [2.45, 2.75) is 6.92 Å². The molecule has 0 aliphatic heterocycles. The highest BCUT2D eigenvalue weighted by Crippen LogP contribution is 2.25. The minimum absolute atomic E-state index is 0.0737. The topological polar surface area (TPSA) is 36.1 Å². The maximum absolute atomic E-state index is 11.0. The number of aromatic amines is 1. The van der Waals surface area contributed by atoms with E-state index in [1.165, 1.54) is 11.3 Å². The van der Waals surface area contributed by atoms with Gasteiger partial charge in [-0.1, -0.05) is 6.07 Å². The van der Waals surface area contributed by atoms with E-state index in [9.17, 15) is 4.79 Å². The van der Waals surface area contributed by atoms with Crippen LogP contribution in [0.2, 0.25) is 0 Å². The monoisotopic (exact) mass is 228 g/mol. The van der Waals surface area contributed by atoms with E-state index >= 15 is 0 Å². The second-order valence-corrected chi connectivity index (χ2v) is 4.34. The van der Waals surface area contributed by atoms with Gasteiger partial charge in [-0.3, -0.25) is 4.79 Å². The second-order valence-electron chi connectivity index (χ2n) is 4.34. The molecule has 1 heterocycles. The molecule has 17 heavy (non-hydrogen) atoms. The average Bonchev–Trinajstić information content (AvgIpc) is 2.29. The number of nitrogens with zero attached hydrogens (tertiary/aromatic N) is 1. The second kappa shape index (κ2) is 4.45. The predicted molar refractivity (Wildman–Crippen MR) is 71.6 cm³/mol. The third kappa shape index (κ3) is 2.38. The lowest BCUT2D eigenvalue weighted by atomic mass is 10.0. The Kier molecular flexibility index (Phi) is 3.00. The summed E-state index contributed by atoms with van der Waals surface area (Å²) in [5, 5.41) is 0. The Bertz CT molecular complexity index is 565. The summed E-state index contributed by atoms with van der Waals surface area (Å²) in [6.45, 7) is 2.09. The average molecular weight is 228 g/mol. The molecule has 0 aliphatic carbocycles. The first-order chi connectivity index (χ1) is 8.08. The summed E-state index contributed by atoms with van der Waals surface area (Å²) < 4.78 is 0. The van der Waals surface area contributed by atoms with Gasteiger partial charge in [0.2, 0.25) is 5.56 Å². The predicted octanol–water partition coefficient (Wildman–Crippen LogP) is 2.42. The molecule has 2 aromatic rings. The van der Waals surface area contributed by atoms with E-state index in [0.29, 0.717) is 0 Å². The van der Waals surface area contributed by atoms with Crippen LogP contribution in [0.5, 0.6) is 0 Å². The first kappa shape index (κ1) is 11.5. The molecule has 0 amide bonds. The molecule has 1 aromatic carbocycles. The van der Waals surface area contributed by atoms with Gasteiger partial charge >= 0.3 is 0 Å². The smallest absolute Gasteiger partial charge is 0.247 e. The lowest BCUT2D eigenvalue weighted by Gasteiger charge is -2.16. The summed E-state index contributed by atoms with van der Waals surface area (Å²) in [6, 6.07) is 9.67. The van der Waals surface area contributed by atoms with Crippen LogP contribution in [0.3, 0.4) is 0 Å². The molecule has 1 N–H and O–H groups in total. The summed E-state index contributed by atoms with van der Waals surface area (Å²) in [5.41, 5.74) is 4.50. The fraction of sp³-hybridized carbons (Fsp3) is 0.214. The van der Waals surface area contributed by atoms with E-state index in [2.05, 4.69) is 35.0 Å². The quantitative estimate of drug-likeness (QED) is 0.857. The number of pyridine rings is 1. The first-order valence-electron chi connectivity index (χ1n) is 5.55. The summed E-state index contributed by atoms with van der Waals surface area (Å²) in [6.07, 6.45) is 1.74. The van der Waals surface area contributed by atoms with Gasteiger partial charge in [0.05, 0.1) is 0 Å². The molecule has 0 spiro atoms. The molecule has 0 saturated carbocycles. The van der Waals surface area contributed by atoms with Gasteiger partial charge in [-0.2, -0.15) is 0 Å². The van der Waals surface area contributed by atoms with Gasteiger partial charge in [0.1, 0.15) is 0 Å². The maximum Gasteiger partial charge on any atom is 0.247 e. The number of rotatable bonds is 2. The Labute approximate surface area is 101 Å². The molecule has 3 nitrogen and oxygen atoms in total. The van der Waals surface area contributed by atoms with Crippen molar-refractivity contribution in [3.05, 3.63) is 52.4 Å². The number of benzene rings is 1. The van der Waals surface area contributed by atoms with Gasteiger partial charge in [-0.15, -0.1) is 0 Å². The highest BCUT2D eigenvalue weighted by Gasteiger charge is 2.03. The normalized spacial score (nSPS) is 10.3. The SMILES string of the molecule is Cc1cc(-c2ccc(=O)[nH]c2)ccc1N(C)C. The van der Waals surface area contributed by atoms with Crippen molar-refractivity contribution < 1.29 is 0 Å². The van der Waals surface area contributed by atoms with E-state index in [-0.39, 0.29) is 5.56 Å². The van der Waals surface area contributed by atoms with Gasteiger partial charge < -0.3 is 9.88 Å². The van der Waals surface area contributed by atoms with E-state index in [1.54, 1.807) is 12.3 Å². The third-order valence-electron chi connectivity index (χ3n) is 2.80. The van der Waals surface area contributed by atoms with Gasteiger partial charge in [0.15, 0.2) is 0 Å². The number of H-pyrrole nitrogens is 1. The standard InChI is InChI=1S/C14H16N2O/c1-10-8-11(4-6-13(10)16(2)3)12-5-7-14(17)15-9-12/h4-9H,1-3H3,(H,15,17). The molecule has 2 rings (SSSR count). The zero-order valence-corrected chi connectivity index (χ0v) is 10.3. The Morgan fingerprint density at radius 2 is 1.76 bits per heavy atom. The largest absolute Gasteiger partial charge is 0.377 e. The van der Waals surface area contributed by atoms with Crippen molar-refractivity contribution in [3.8, 4) is 11.1 Å². The van der Waals surface area contributed by atoms with E-state index in [4.69, 9.17) is 0 Å². The minimum atomic E-state index is -0.0737. The Morgan fingerprint density at radius 3 is 2.29 bits per heavy atom. The highest BCUT2D eigenvalue weighted by molar-refractivity contribution is 5.68. The summed E-state index contributed by atoms with van der Waals surface area (Å²) in [7, 11) is 4.06. The highest BCUT2D eigenvalue weighted by atomic mass is 16.1. The van der Waals surface area contributed by atoms with Crippen molar-refractivity contribution in [1.29, 1.82) is 0 Å². The maximum atomic E-state index is 11.0. The number of nitrogens with one attached hydrogen (secondary N) is 1. The molecular formula is C14H16N2O. The number of aryl methyl sites for hydroxylation is 1. The summed E-state index contributed by atoms with van der Waals surface area (Å²) >= 11 is 0. The third-order valence-corrected chi connectivity index (χ3v) is 2.80. The molecule has 88 valence electrons. The van der Waals surface area contributed by atoms with E-state index < -0.39 is 0 Å². The Morgan fingerprint density at radius 1 is 1.06 bits per heavy atom. The minimum Gasteiger partial charge on any atom is -0.377 e. The van der Waals surface area contributed by atoms with E-state index in [0.717, 1.165) is 11.1 Å². The molecule has 0 aliphatic rings. The van der Waals surface area contributed by atoms with Crippen molar-refractivity contribution >= 4 is 5.69 Å². The first-order valence-corrected chi connectivity index (χ1v) is 5.55.